The minimum Gasteiger partial charge on any atom is -0.394 e. The summed E-state index contributed by atoms with van der Waals surface area (Å²) in [5.41, 5.74) is 0. The van der Waals surface area contributed by atoms with E-state index in [9.17, 15) is 56.0 Å². The van der Waals surface area contributed by atoms with Crippen LogP contribution in [0.25, 0.3) is 0 Å². The van der Waals surface area contributed by atoms with Gasteiger partial charge < -0.3 is 75.1 Å². The van der Waals surface area contributed by atoms with E-state index >= 15 is 0 Å². The maximum absolute atomic E-state index is 10.2. The molecule has 200 valence electrons. The van der Waals surface area contributed by atoms with Gasteiger partial charge in [-0.2, -0.15) is 0 Å². The lowest BCUT2D eigenvalue weighted by molar-refractivity contribution is -0.333. The van der Waals surface area contributed by atoms with Crippen LogP contribution in [0.4, 0.5) is 0 Å². The van der Waals surface area contributed by atoms with E-state index in [-0.39, 0.29) is 0 Å². The molecule has 0 aromatic heterocycles. The van der Waals surface area contributed by atoms with E-state index in [1.165, 1.54) is 0 Å². The molecule has 0 radical (unpaired) electrons. The Morgan fingerprint density at radius 2 is 1.21 bits per heavy atom. The van der Waals surface area contributed by atoms with Crippen molar-refractivity contribution in [1.29, 1.82) is 0 Å². The van der Waals surface area contributed by atoms with Crippen LogP contribution in [0, 0.1) is 4.91 Å². The van der Waals surface area contributed by atoms with E-state index in [4.69, 9.17) is 24.1 Å². The minimum absolute atomic E-state index is 0.616. The second-order valence-electron chi connectivity index (χ2n) is 7.95. The van der Waals surface area contributed by atoms with Gasteiger partial charge >= 0.3 is 0 Å². The molecule has 14 atom stereocenters. The fraction of sp³-hybridized carbons (Fsp3) is 1.00. The average molecular weight is 505 g/mol. The molecule has 2 fully saturated rings. The normalized spacial score (nSPS) is 42.6. The van der Waals surface area contributed by atoms with Gasteiger partial charge in [-0.15, -0.1) is 4.91 Å². The van der Waals surface area contributed by atoms with Gasteiger partial charge in [-0.1, -0.05) is 0 Å². The maximum atomic E-state index is 10.2. The molecule has 0 bridgehead atoms. The fourth-order valence-corrected chi connectivity index (χ4v) is 3.35. The summed E-state index contributed by atoms with van der Waals surface area (Å²) in [6.45, 7) is -2.17. The molecule has 4 unspecified atom stereocenters. The van der Waals surface area contributed by atoms with E-state index in [0.717, 1.165) is 0 Å². The summed E-state index contributed by atoms with van der Waals surface area (Å²) in [6, 6.07) is 0. The van der Waals surface area contributed by atoms with E-state index in [2.05, 4.69) is 5.18 Å². The Balaban J connectivity index is 1.96. The third kappa shape index (κ3) is 6.60. The van der Waals surface area contributed by atoms with Gasteiger partial charge in [0.15, 0.2) is 12.6 Å². The maximum Gasteiger partial charge on any atom is 0.215 e. The van der Waals surface area contributed by atoms with Crippen molar-refractivity contribution in [2.24, 2.45) is 5.18 Å². The van der Waals surface area contributed by atoms with Crippen molar-refractivity contribution in [3.63, 3.8) is 0 Å². The molecule has 17 heteroatoms. The highest BCUT2D eigenvalue weighted by Gasteiger charge is 2.47. The second kappa shape index (κ2) is 12.8. The summed E-state index contributed by atoms with van der Waals surface area (Å²) in [5.74, 6) is 0. The zero-order chi connectivity index (χ0) is 25.7. The first kappa shape index (κ1) is 29.2. The van der Waals surface area contributed by atoms with E-state index in [1.807, 2.05) is 0 Å². The lowest BCUT2D eigenvalue weighted by Crippen LogP contribution is -2.62. The Bertz CT molecular complexity index is 628. The third-order valence-corrected chi connectivity index (χ3v) is 5.53. The van der Waals surface area contributed by atoms with Gasteiger partial charge in [0.1, 0.15) is 67.1 Å². The smallest absolute Gasteiger partial charge is 0.215 e. The largest absolute Gasteiger partial charge is 0.394 e. The summed E-state index contributed by atoms with van der Waals surface area (Å²) >= 11 is 0. The number of hydrogen-bond acceptors (Lipinski definition) is 17. The highest BCUT2D eigenvalue weighted by molar-refractivity contribution is 4.92. The molecule has 17 nitrogen and oxygen atoms in total. The Hall–Kier alpha value is -1.00. The van der Waals surface area contributed by atoms with Gasteiger partial charge in [0.2, 0.25) is 6.23 Å². The zero-order valence-corrected chi connectivity index (χ0v) is 17.6. The van der Waals surface area contributed by atoms with Crippen LogP contribution in [0.15, 0.2) is 5.18 Å². The summed E-state index contributed by atoms with van der Waals surface area (Å²) in [7, 11) is 0. The molecule has 2 aliphatic rings. The molecule has 2 saturated heterocycles. The number of nitrogens with zero attached hydrogens (tertiary/aromatic N) is 1. The van der Waals surface area contributed by atoms with Crippen LogP contribution < -0.4 is 0 Å². The quantitative estimate of drug-likeness (QED) is 0.116. The van der Waals surface area contributed by atoms with Crippen molar-refractivity contribution in [2.45, 2.75) is 86.0 Å². The van der Waals surface area contributed by atoms with Crippen molar-refractivity contribution < 1.29 is 75.1 Å². The monoisotopic (exact) mass is 505 g/mol. The van der Waals surface area contributed by atoms with Crippen LogP contribution in [0.3, 0.4) is 0 Å². The number of ether oxygens (including phenoxy) is 4. The zero-order valence-electron chi connectivity index (χ0n) is 17.6. The van der Waals surface area contributed by atoms with E-state index < -0.39 is 106 Å². The van der Waals surface area contributed by atoms with Crippen molar-refractivity contribution in [2.75, 3.05) is 19.8 Å². The molecule has 2 heterocycles. The number of rotatable bonds is 11. The van der Waals surface area contributed by atoms with Crippen molar-refractivity contribution in [1.82, 2.24) is 0 Å². The van der Waals surface area contributed by atoms with Crippen LogP contribution in [0.2, 0.25) is 0 Å². The lowest BCUT2D eigenvalue weighted by Gasteiger charge is -2.42. The van der Waals surface area contributed by atoms with Crippen LogP contribution in [0.5, 0.6) is 0 Å². The van der Waals surface area contributed by atoms with Gasteiger partial charge in [0, 0.05) is 0 Å². The highest BCUT2D eigenvalue weighted by atomic mass is 16.7. The molecule has 34 heavy (non-hydrogen) atoms. The van der Waals surface area contributed by atoms with Gasteiger partial charge in [-0.3, -0.25) is 0 Å². The van der Waals surface area contributed by atoms with Crippen molar-refractivity contribution in [3.8, 4) is 0 Å². The molecule has 0 spiro atoms. The highest BCUT2D eigenvalue weighted by Crippen LogP contribution is 2.26. The molecule has 0 aromatic rings. The first-order valence-electron chi connectivity index (χ1n) is 10.2. The first-order valence-corrected chi connectivity index (χ1v) is 10.2. The summed E-state index contributed by atoms with van der Waals surface area (Å²) in [4.78, 5) is 10.2. The van der Waals surface area contributed by atoms with Crippen molar-refractivity contribution >= 4 is 0 Å². The molecular formula is C17H31NO16. The number of hydrogen-bond donors (Lipinski definition) is 11. The standard InChI is InChI=1S/C17H31NO16/c19-1-5-8(22)10(24)13(27)17(33-5)32-3-6-9(23)11(25)14(28)16(34-6)31-2-4(20)7(21)12(26)15(29)18-30/h4-17,19-29H,1-3H2/t4-,5-,6-,7-,8?,9-,10?,11+,12+,13?,14?,15-,16+,17+/m1/s1. The summed E-state index contributed by atoms with van der Waals surface area (Å²) in [5, 5.41) is 109. The van der Waals surface area contributed by atoms with E-state index in [0.29, 0.717) is 0 Å². The fourth-order valence-electron chi connectivity index (χ4n) is 3.35. The van der Waals surface area contributed by atoms with Gasteiger partial charge in [-0.05, 0) is 5.18 Å². The topological polar surface area (TPSA) is 289 Å². The molecule has 0 aromatic carbocycles. The van der Waals surface area contributed by atoms with Crippen LogP contribution in [-0.4, -0.2) is 162 Å². The summed E-state index contributed by atoms with van der Waals surface area (Å²) in [6.07, 6.45) is -24.9. The summed E-state index contributed by atoms with van der Waals surface area (Å²) < 4.78 is 20.7. The third-order valence-electron chi connectivity index (χ3n) is 5.53. The Morgan fingerprint density at radius 3 is 1.74 bits per heavy atom. The first-order chi connectivity index (χ1) is 15.9. The average Bonchev–Trinajstić information content (AvgIpc) is 2.84. The van der Waals surface area contributed by atoms with Gasteiger partial charge in [0.25, 0.3) is 0 Å². The number of aliphatic hydroxyl groups excluding tert-OH is 11. The molecule has 2 rings (SSSR count). The molecule has 0 amide bonds. The lowest BCUT2D eigenvalue weighted by atomic mass is 9.98. The number of aliphatic hydroxyl groups is 11. The van der Waals surface area contributed by atoms with Gasteiger partial charge in [0.05, 0.1) is 19.8 Å². The number of nitroso groups, excluding NO2 is 1. The van der Waals surface area contributed by atoms with E-state index in [1.54, 1.807) is 0 Å². The van der Waals surface area contributed by atoms with Crippen LogP contribution in [-0.2, 0) is 18.9 Å². The molecule has 2 aliphatic heterocycles. The Labute approximate surface area is 191 Å². The SMILES string of the molecule is O=N[C@H](O)[C@@H](O)[C@H](O)[C@H](O)CO[C@H]1O[C@H](CO[C@H]2O[C@H](CO)C(O)C(O)C2O)[C@@H](O)[C@H](O)C1O. The van der Waals surface area contributed by atoms with Gasteiger partial charge in [-0.25, -0.2) is 0 Å². The Morgan fingerprint density at radius 1 is 0.706 bits per heavy atom. The Kier molecular flexibility index (Phi) is 11.0. The molecule has 0 saturated carbocycles. The second-order valence-corrected chi connectivity index (χ2v) is 7.95. The van der Waals surface area contributed by atoms with Crippen LogP contribution >= 0.6 is 0 Å². The minimum atomic E-state index is -2.23. The predicted molar refractivity (Wildman–Crippen MR) is 102 cm³/mol. The van der Waals surface area contributed by atoms with Crippen LogP contribution in [0.1, 0.15) is 0 Å². The molecule has 0 aliphatic carbocycles. The van der Waals surface area contributed by atoms with Crippen molar-refractivity contribution in [3.05, 3.63) is 4.91 Å². The molecular weight excluding hydrogens is 474 g/mol. The molecule has 11 N–H and O–H groups in total. The predicted octanol–water partition coefficient (Wildman–Crippen LogP) is -7.21.